The number of ketones is 1. The molecule has 0 aliphatic carbocycles. The first kappa shape index (κ1) is 20.6. The van der Waals surface area contributed by atoms with Gasteiger partial charge in [0.2, 0.25) is 5.78 Å². The van der Waals surface area contributed by atoms with Gasteiger partial charge >= 0.3 is 5.97 Å². The van der Waals surface area contributed by atoms with Crippen molar-refractivity contribution in [2.75, 3.05) is 13.2 Å². The van der Waals surface area contributed by atoms with E-state index in [-0.39, 0.29) is 28.7 Å². The number of fused-ring (bicyclic) bond motifs is 4. The summed E-state index contributed by atoms with van der Waals surface area (Å²) in [6, 6.07) is 13.4. The number of ether oxygens (including phenoxy) is 4. The molecule has 3 aromatic carbocycles. The van der Waals surface area contributed by atoms with Gasteiger partial charge in [0.15, 0.2) is 17.3 Å². The van der Waals surface area contributed by atoms with Crippen molar-refractivity contribution >= 4 is 29.4 Å². The lowest BCUT2D eigenvalue weighted by molar-refractivity contribution is -0.135. The Morgan fingerprint density at radius 2 is 1.71 bits per heavy atom. The maximum atomic E-state index is 13.2. The Labute approximate surface area is 199 Å². The van der Waals surface area contributed by atoms with E-state index in [1.165, 1.54) is 6.07 Å². The molecule has 34 heavy (non-hydrogen) atoms. The maximum absolute atomic E-state index is 13.2. The zero-order valence-electron chi connectivity index (χ0n) is 17.7. The minimum atomic E-state index is -0.453. The number of hydrogen-bond acceptors (Lipinski definition) is 7. The first-order valence-corrected chi connectivity index (χ1v) is 11.1. The van der Waals surface area contributed by atoms with Crippen LogP contribution >= 0.6 is 11.6 Å². The molecule has 170 valence electrons. The average Bonchev–Trinajstić information content (AvgIpc) is 3.15. The van der Waals surface area contributed by atoms with Crippen LogP contribution in [0.25, 0.3) is 6.08 Å². The first-order valence-electron chi connectivity index (χ1n) is 10.7. The summed E-state index contributed by atoms with van der Waals surface area (Å²) in [5.74, 6) is 0.915. The molecule has 0 aromatic heterocycles. The van der Waals surface area contributed by atoms with Gasteiger partial charge in [0.1, 0.15) is 30.5 Å². The minimum absolute atomic E-state index is 0.0450. The van der Waals surface area contributed by atoms with Crippen molar-refractivity contribution in [3.8, 4) is 28.7 Å². The highest BCUT2D eigenvalue weighted by molar-refractivity contribution is 6.32. The van der Waals surface area contributed by atoms with Crippen LogP contribution in [0.3, 0.4) is 0 Å². The van der Waals surface area contributed by atoms with E-state index in [1.54, 1.807) is 42.5 Å². The highest BCUT2D eigenvalue weighted by Crippen LogP contribution is 2.49. The second-order valence-corrected chi connectivity index (χ2v) is 8.55. The monoisotopic (exact) mass is 476 g/mol. The molecule has 0 saturated heterocycles. The smallest absolute Gasteiger partial charge is 0.312 e. The molecule has 3 aliphatic heterocycles. The number of phenols is 1. The van der Waals surface area contributed by atoms with Crippen LogP contribution in [0.4, 0.5) is 0 Å². The Balaban J connectivity index is 1.42. The average molecular weight is 477 g/mol. The van der Waals surface area contributed by atoms with Crippen LogP contribution in [0.2, 0.25) is 5.02 Å². The van der Waals surface area contributed by atoms with Crippen LogP contribution in [0.15, 0.2) is 54.3 Å². The van der Waals surface area contributed by atoms with Crippen molar-refractivity contribution in [1.29, 1.82) is 0 Å². The molecule has 0 bridgehead atoms. The van der Waals surface area contributed by atoms with Crippen molar-refractivity contribution < 1.29 is 33.6 Å². The molecule has 1 N–H and O–H groups in total. The molecule has 0 amide bonds. The van der Waals surface area contributed by atoms with E-state index in [4.69, 9.17) is 30.5 Å². The number of phenolic OH excluding ortho intramolecular Hbond substituents is 1. The second kappa shape index (κ2) is 7.81. The molecule has 0 fully saturated rings. The Bertz CT molecular complexity index is 1410. The lowest BCUT2D eigenvalue weighted by atomic mass is 9.84. The fourth-order valence-electron chi connectivity index (χ4n) is 4.43. The van der Waals surface area contributed by atoms with Gasteiger partial charge in [-0.15, -0.1) is 0 Å². The molecule has 3 aliphatic rings. The van der Waals surface area contributed by atoms with Gasteiger partial charge in [0.05, 0.1) is 17.0 Å². The molecule has 6 rings (SSSR count). The van der Waals surface area contributed by atoms with Gasteiger partial charge in [-0.2, -0.15) is 0 Å². The highest BCUT2D eigenvalue weighted by atomic mass is 35.5. The van der Waals surface area contributed by atoms with Gasteiger partial charge in [-0.3, -0.25) is 9.59 Å². The number of allylic oxidation sites excluding steroid dienone is 1. The summed E-state index contributed by atoms with van der Waals surface area (Å²) in [4.78, 5) is 25.5. The molecular formula is C26H17ClO7. The van der Waals surface area contributed by atoms with Crippen molar-refractivity contribution in [3.05, 3.63) is 81.6 Å². The lowest BCUT2D eigenvalue weighted by Gasteiger charge is -2.26. The molecule has 3 heterocycles. The topological polar surface area (TPSA) is 91.3 Å². The van der Waals surface area contributed by atoms with E-state index in [1.807, 2.05) is 6.07 Å². The summed E-state index contributed by atoms with van der Waals surface area (Å²) >= 11 is 6.12. The third-order valence-electron chi connectivity index (χ3n) is 6.02. The van der Waals surface area contributed by atoms with Gasteiger partial charge in [0, 0.05) is 11.5 Å². The van der Waals surface area contributed by atoms with Crippen molar-refractivity contribution in [3.63, 3.8) is 0 Å². The largest absolute Gasteiger partial charge is 0.506 e. The molecule has 7 nitrogen and oxygen atoms in total. The predicted octanol–water partition coefficient (Wildman–Crippen LogP) is 4.87. The van der Waals surface area contributed by atoms with Crippen LogP contribution in [0.1, 0.15) is 39.4 Å². The molecule has 0 spiro atoms. The van der Waals surface area contributed by atoms with Gasteiger partial charge in [-0.1, -0.05) is 23.7 Å². The Morgan fingerprint density at radius 1 is 0.912 bits per heavy atom. The van der Waals surface area contributed by atoms with Crippen molar-refractivity contribution in [1.82, 2.24) is 0 Å². The lowest BCUT2D eigenvalue weighted by Crippen LogP contribution is -2.21. The van der Waals surface area contributed by atoms with Crippen molar-refractivity contribution in [2.24, 2.45) is 0 Å². The summed E-state index contributed by atoms with van der Waals surface area (Å²) in [5, 5.41) is 9.98. The Kier molecular flexibility index (Phi) is 4.74. The second-order valence-electron chi connectivity index (χ2n) is 8.14. The predicted molar refractivity (Wildman–Crippen MR) is 122 cm³/mol. The number of carbonyl (C=O) groups is 2. The van der Waals surface area contributed by atoms with E-state index in [0.29, 0.717) is 52.9 Å². The van der Waals surface area contributed by atoms with Crippen LogP contribution in [-0.2, 0) is 4.79 Å². The molecule has 3 aromatic rings. The van der Waals surface area contributed by atoms with E-state index in [0.717, 1.165) is 5.56 Å². The third kappa shape index (κ3) is 3.36. The number of rotatable bonds is 2. The van der Waals surface area contributed by atoms with E-state index in [2.05, 4.69) is 0 Å². The fraction of sp³-hybridized carbons (Fsp3) is 0.154. The molecule has 0 radical (unpaired) electrons. The Morgan fingerprint density at radius 3 is 2.53 bits per heavy atom. The van der Waals surface area contributed by atoms with Crippen LogP contribution < -0.4 is 18.9 Å². The van der Waals surface area contributed by atoms with E-state index < -0.39 is 11.9 Å². The van der Waals surface area contributed by atoms with Gasteiger partial charge in [0.25, 0.3) is 0 Å². The quantitative estimate of drug-likeness (QED) is 0.320. The highest BCUT2D eigenvalue weighted by Gasteiger charge is 2.38. The van der Waals surface area contributed by atoms with E-state index >= 15 is 0 Å². The number of carbonyl (C=O) groups excluding carboxylic acids is 2. The van der Waals surface area contributed by atoms with Gasteiger partial charge in [-0.05, 0) is 53.6 Å². The summed E-state index contributed by atoms with van der Waals surface area (Å²) in [6.45, 7) is 0.953. The molecule has 1 atom stereocenters. The number of aromatic hydroxyl groups is 1. The minimum Gasteiger partial charge on any atom is -0.506 e. The maximum Gasteiger partial charge on any atom is 0.312 e. The van der Waals surface area contributed by atoms with Crippen LogP contribution in [0.5, 0.6) is 28.7 Å². The summed E-state index contributed by atoms with van der Waals surface area (Å²) in [5.41, 5.74) is 2.41. The zero-order valence-corrected chi connectivity index (χ0v) is 18.4. The SMILES string of the molecule is O=C1CC(c2ccc(O)c(Cl)c2)c2c(ccc3c2O/C(=C\c2ccc4c(c2)OCCO4)C3=O)O1. The third-order valence-corrected chi connectivity index (χ3v) is 6.32. The molecular weight excluding hydrogens is 460 g/mol. The first-order chi connectivity index (χ1) is 16.5. The zero-order chi connectivity index (χ0) is 23.4. The number of benzene rings is 3. The normalized spacial score (nSPS) is 19.3. The summed E-state index contributed by atoms with van der Waals surface area (Å²) in [7, 11) is 0. The fourth-order valence-corrected chi connectivity index (χ4v) is 4.62. The number of esters is 1. The summed E-state index contributed by atoms with van der Waals surface area (Å²) < 4.78 is 22.7. The van der Waals surface area contributed by atoms with Crippen LogP contribution in [-0.4, -0.2) is 30.1 Å². The number of hydrogen-bond donors (Lipinski definition) is 1. The van der Waals surface area contributed by atoms with Crippen molar-refractivity contribution in [2.45, 2.75) is 12.3 Å². The standard InChI is InChI=1S/C26H17ClO7/c27-17-11-14(2-4-18(17)28)16-12-23(29)33-20-6-3-15-25(30)22(34-26(15)24(16)20)10-13-1-5-19-21(9-13)32-8-7-31-19/h1-6,9-11,16,28H,7-8,12H2/b22-10-. The number of Topliss-reactive ketones (excluding diaryl/α,β-unsaturated/α-hetero) is 1. The Hall–Kier alpha value is -3.97. The van der Waals surface area contributed by atoms with Gasteiger partial charge < -0.3 is 24.1 Å². The number of halogens is 1. The molecule has 1 unspecified atom stereocenters. The summed E-state index contributed by atoms with van der Waals surface area (Å²) in [6.07, 6.45) is 1.69. The van der Waals surface area contributed by atoms with E-state index in [9.17, 15) is 14.7 Å². The van der Waals surface area contributed by atoms with Gasteiger partial charge in [-0.25, -0.2) is 0 Å². The molecule has 8 heteroatoms. The molecule has 0 saturated carbocycles. The van der Waals surface area contributed by atoms with Crippen LogP contribution in [0, 0.1) is 0 Å².